The zero-order valence-corrected chi connectivity index (χ0v) is 12.0. The number of aromatic nitrogens is 4. The van der Waals surface area contributed by atoms with E-state index >= 15 is 0 Å². The molecule has 3 heterocycles. The van der Waals surface area contributed by atoms with Gasteiger partial charge in [0.1, 0.15) is 0 Å². The lowest BCUT2D eigenvalue weighted by atomic mass is 10.1. The lowest BCUT2D eigenvalue weighted by Crippen LogP contribution is -2.29. The third kappa shape index (κ3) is 2.22. The van der Waals surface area contributed by atoms with Crippen molar-refractivity contribution in [3.8, 4) is 0 Å². The average molecular weight is 293 g/mol. The molecule has 1 aliphatic rings. The van der Waals surface area contributed by atoms with Crippen LogP contribution in [-0.4, -0.2) is 43.6 Å². The van der Waals surface area contributed by atoms with Crippen LogP contribution in [0.15, 0.2) is 49.1 Å². The molecule has 6 heteroatoms. The lowest BCUT2D eigenvalue weighted by Gasteiger charge is -2.17. The topological polar surface area (TPSA) is 63.9 Å². The molecule has 6 nitrogen and oxygen atoms in total. The third-order valence-electron chi connectivity index (χ3n) is 4.07. The van der Waals surface area contributed by atoms with Crippen LogP contribution in [0.25, 0.3) is 11.0 Å². The molecule has 0 aliphatic carbocycles. The second kappa shape index (κ2) is 5.22. The first-order chi connectivity index (χ1) is 10.8. The standard InChI is InChI=1S/C16H15N5O/c22-16(12-2-3-14-15(10-12)18-7-6-17-14)20-9-4-13(11-20)21-8-1-5-19-21/h1-3,5-8,10,13H,4,9,11H2. The fourth-order valence-corrected chi connectivity index (χ4v) is 2.92. The van der Waals surface area contributed by atoms with Gasteiger partial charge in [0, 0.05) is 43.4 Å². The number of carbonyl (C=O) groups is 1. The zero-order valence-electron chi connectivity index (χ0n) is 12.0. The number of benzene rings is 1. The summed E-state index contributed by atoms with van der Waals surface area (Å²) in [6.07, 6.45) is 7.94. The molecule has 22 heavy (non-hydrogen) atoms. The van der Waals surface area contributed by atoms with E-state index in [0.717, 1.165) is 24.0 Å². The van der Waals surface area contributed by atoms with Crippen molar-refractivity contribution in [1.82, 2.24) is 24.6 Å². The molecular formula is C16H15N5O. The van der Waals surface area contributed by atoms with Gasteiger partial charge in [0.05, 0.1) is 17.1 Å². The van der Waals surface area contributed by atoms with E-state index in [1.807, 2.05) is 40.0 Å². The number of hydrogen-bond acceptors (Lipinski definition) is 4. The second-order valence-electron chi connectivity index (χ2n) is 5.44. The minimum atomic E-state index is 0.0437. The number of likely N-dealkylation sites (tertiary alicyclic amines) is 1. The molecule has 0 spiro atoms. The van der Waals surface area contributed by atoms with Crippen molar-refractivity contribution >= 4 is 16.9 Å². The Morgan fingerprint density at radius 3 is 2.82 bits per heavy atom. The van der Waals surface area contributed by atoms with Gasteiger partial charge in [-0.25, -0.2) is 0 Å². The molecule has 1 unspecified atom stereocenters. The van der Waals surface area contributed by atoms with Crippen LogP contribution in [0.5, 0.6) is 0 Å². The van der Waals surface area contributed by atoms with Gasteiger partial charge in [-0.2, -0.15) is 5.10 Å². The number of rotatable bonds is 2. The summed E-state index contributed by atoms with van der Waals surface area (Å²) in [5.74, 6) is 0.0437. The molecular weight excluding hydrogens is 278 g/mol. The Balaban J connectivity index is 1.56. The monoisotopic (exact) mass is 293 g/mol. The number of carbonyl (C=O) groups excluding carboxylic acids is 1. The van der Waals surface area contributed by atoms with E-state index in [-0.39, 0.29) is 11.9 Å². The fourth-order valence-electron chi connectivity index (χ4n) is 2.92. The third-order valence-corrected chi connectivity index (χ3v) is 4.07. The molecule has 2 aromatic heterocycles. The Kier molecular flexibility index (Phi) is 3.07. The maximum absolute atomic E-state index is 12.7. The maximum atomic E-state index is 12.7. The Morgan fingerprint density at radius 2 is 2.00 bits per heavy atom. The molecule has 0 N–H and O–H groups in total. The molecule has 0 saturated carbocycles. The second-order valence-corrected chi connectivity index (χ2v) is 5.44. The summed E-state index contributed by atoms with van der Waals surface area (Å²) in [5, 5.41) is 4.27. The zero-order chi connectivity index (χ0) is 14.9. The normalized spacial score (nSPS) is 18.0. The van der Waals surface area contributed by atoms with Gasteiger partial charge in [0.2, 0.25) is 0 Å². The Bertz CT molecular complexity index is 814. The molecule has 1 aliphatic heterocycles. The van der Waals surface area contributed by atoms with Gasteiger partial charge < -0.3 is 4.90 Å². The summed E-state index contributed by atoms with van der Waals surface area (Å²) in [4.78, 5) is 23.0. The highest BCUT2D eigenvalue weighted by atomic mass is 16.2. The number of amides is 1. The number of fused-ring (bicyclic) bond motifs is 1. The quantitative estimate of drug-likeness (QED) is 0.724. The van der Waals surface area contributed by atoms with Crippen molar-refractivity contribution in [3.63, 3.8) is 0 Å². The Labute approximate surface area is 127 Å². The van der Waals surface area contributed by atoms with Gasteiger partial charge in [0.25, 0.3) is 5.91 Å². The SMILES string of the molecule is O=C(c1ccc2nccnc2c1)N1CCC(n2cccn2)C1. The van der Waals surface area contributed by atoms with Gasteiger partial charge in [-0.05, 0) is 30.7 Å². The van der Waals surface area contributed by atoms with E-state index in [2.05, 4.69) is 15.1 Å². The molecule has 1 atom stereocenters. The van der Waals surface area contributed by atoms with Crippen LogP contribution in [0.1, 0.15) is 22.8 Å². The Morgan fingerprint density at radius 1 is 1.14 bits per heavy atom. The predicted octanol–water partition coefficient (Wildman–Crippen LogP) is 1.91. The molecule has 1 amide bonds. The van der Waals surface area contributed by atoms with Crippen LogP contribution in [0.3, 0.4) is 0 Å². The Hall–Kier alpha value is -2.76. The van der Waals surface area contributed by atoms with E-state index in [9.17, 15) is 4.79 Å². The first kappa shape index (κ1) is 12.9. The summed E-state index contributed by atoms with van der Waals surface area (Å²) < 4.78 is 1.93. The van der Waals surface area contributed by atoms with E-state index < -0.39 is 0 Å². The van der Waals surface area contributed by atoms with Crippen molar-refractivity contribution in [2.75, 3.05) is 13.1 Å². The maximum Gasteiger partial charge on any atom is 0.254 e. The van der Waals surface area contributed by atoms with Crippen LogP contribution in [0, 0.1) is 0 Å². The van der Waals surface area contributed by atoms with Crippen LogP contribution < -0.4 is 0 Å². The minimum absolute atomic E-state index is 0.0437. The van der Waals surface area contributed by atoms with Crippen LogP contribution in [0.4, 0.5) is 0 Å². The van der Waals surface area contributed by atoms with Gasteiger partial charge >= 0.3 is 0 Å². The summed E-state index contributed by atoms with van der Waals surface area (Å²) >= 11 is 0. The first-order valence-electron chi connectivity index (χ1n) is 7.30. The number of hydrogen-bond donors (Lipinski definition) is 0. The van der Waals surface area contributed by atoms with Crippen molar-refractivity contribution in [2.45, 2.75) is 12.5 Å². The molecule has 0 bridgehead atoms. The van der Waals surface area contributed by atoms with Crippen molar-refractivity contribution in [2.24, 2.45) is 0 Å². The highest BCUT2D eigenvalue weighted by Crippen LogP contribution is 2.23. The molecule has 1 aromatic carbocycles. The van der Waals surface area contributed by atoms with Crippen molar-refractivity contribution < 1.29 is 4.79 Å². The molecule has 4 rings (SSSR count). The predicted molar refractivity (Wildman–Crippen MR) is 81.3 cm³/mol. The molecule has 3 aromatic rings. The largest absolute Gasteiger partial charge is 0.336 e. The lowest BCUT2D eigenvalue weighted by molar-refractivity contribution is 0.0787. The van der Waals surface area contributed by atoms with Gasteiger partial charge in [-0.1, -0.05) is 0 Å². The highest BCUT2D eigenvalue weighted by Gasteiger charge is 2.28. The minimum Gasteiger partial charge on any atom is -0.336 e. The van der Waals surface area contributed by atoms with Gasteiger partial charge in [-0.15, -0.1) is 0 Å². The molecule has 1 saturated heterocycles. The smallest absolute Gasteiger partial charge is 0.254 e. The number of nitrogens with zero attached hydrogens (tertiary/aromatic N) is 5. The van der Waals surface area contributed by atoms with Crippen LogP contribution in [0.2, 0.25) is 0 Å². The molecule has 1 fully saturated rings. The van der Waals surface area contributed by atoms with Crippen LogP contribution in [-0.2, 0) is 0 Å². The highest BCUT2D eigenvalue weighted by molar-refractivity contribution is 5.97. The van der Waals surface area contributed by atoms with E-state index in [4.69, 9.17) is 0 Å². The molecule has 0 radical (unpaired) electrons. The summed E-state index contributed by atoms with van der Waals surface area (Å²) in [7, 11) is 0. The van der Waals surface area contributed by atoms with Crippen LogP contribution >= 0.6 is 0 Å². The van der Waals surface area contributed by atoms with Gasteiger partial charge in [0.15, 0.2) is 0 Å². The first-order valence-corrected chi connectivity index (χ1v) is 7.30. The summed E-state index contributed by atoms with van der Waals surface area (Å²) in [6.45, 7) is 1.45. The van der Waals surface area contributed by atoms with Crippen molar-refractivity contribution in [3.05, 3.63) is 54.6 Å². The van der Waals surface area contributed by atoms with E-state index in [1.165, 1.54) is 0 Å². The van der Waals surface area contributed by atoms with E-state index in [0.29, 0.717) is 12.1 Å². The van der Waals surface area contributed by atoms with Crippen molar-refractivity contribution in [1.29, 1.82) is 0 Å². The van der Waals surface area contributed by atoms with E-state index in [1.54, 1.807) is 18.6 Å². The molecule has 110 valence electrons. The average Bonchev–Trinajstić information content (AvgIpc) is 3.24. The fraction of sp³-hybridized carbons (Fsp3) is 0.250. The summed E-state index contributed by atoms with van der Waals surface area (Å²) in [5.41, 5.74) is 2.21. The van der Waals surface area contributed by atoms with Gasteiger partial charge in [-0.3, -0.25) is 19.4 Å². The summed E-state index contributed by atoms with van der Waals surface area (Å²) in [6, 6.07) is 7.65.